The summed E-state index contributed by atoms with van der Waals surface area (Å²) < 4.78 is 0. The van der Waals surface area contributed by atoms with Crippen LogP contribution in [-0.4, -0.2) is 11.6 Å². The highest BCUT2D eigenvalue weighted by Crippen LogP contribution is 2.69. The lowest BCUT2D eigenvalue weighted by Gasteiger charge is -2.58. The van der Waals surface area contributed by atoms with Crippen LogP contribution in [0.3, 0.4) is 0 Å². The van der Waals surface area contributed by atoms with Crippen LogP contribution >= 0.6 is 0 Å². The van der Waals surface area contributed by atoms with E-state index >= 15 is 0 Å². The highest BCUT2D eigenvalue weighted by molar-refractivity contribution is 5.92. The molecule has 0 spiro atoms. The van der Waals surface area contributed by atoms with Gasteiger partial charge in [0.05, 0.1) is 0 Å². The average Bonchev–Trinajstić information content (AvgIpc) is 2.83. The van der Waals surface area contributed by atoms with Gasteiger partial charge in [0.15, 0.2) is 5.78 Å². The van der Waals surface area contributed by atoms with Crippen molar-refractivity contribution in [1.82, 2.24) is 0 Å². The molecule has 4 aliphatic rings. The van der Waals surface area contributed by atoms with Gasteiger partial charge in [0.1, 0.15) is 5.78 Å². The molecule has 2 saturated carbocycles. The molecule has 0 aromatic heterocycles. The van der Waals surface area contributed by atoms with Gasteiger partial charge in [-0.1, -0.05) is 32.4 Å². The molecule has 3 unspecified atom stereocenters. The number of allylic oxidation sites excluding steroid dienone is 4. The smallest absolute Gasteiger partial charge is 0.156 e. The molecule has 4 aliphatic carbocycles. The van der Waals surface area contributed by atoms with Crippen LogP contribution in [0.15, 0.2) is 23.3 Å². The van der Waals surface area contributed by atoms with Crippen LogP contribution < -0.4 is 0 Å². The molecule has 2 fully saturated rings. The molecule has 6 atom stereocenters. The summed E-state index contributed by atoms with van der Waals surface area (Å²) in [6, 6.07) is 0. The fourth-order valence-corrected chi connectivity index (χ4v) is 7.26. The van der Waals surface area contributed by atoms with Crippen molar-refractivity contribution in [2.45, 2.75) is 73.1 Å². The van der Waals surface area contributed by atoms with Crippen LogP contribution in [0.2, 0.25) is 0 Å². The topological polar surface area (TPSA) is 34.1 Å². The molecule has 0 radical (unpaired) electrons. The number of rotatable bonds is 1. The van der Waals surface area contributed by atoms with Crippen LogP contribution in [0.1, 0.15) is 73.1 Å². The number of fused-ring (bicyclic) bond motifs is 5. The zero-order valence-corrected chi connectivity index (χ0v) is 16.4. The van der Waals surface area contributed by atoms with Gasteiger partial charge in [0.25, 0.3) is 0 Å². The Morgan fingerprint density at radius 3 is 2.44 bits per heavy atom. The summed E-state index contributed by atoms with van der Waals surface area (Å²) in [5.41, 5.74) is 2.73. The highest BCUT2D eigenvalue weighted by Gasteiger charge is 2.63. The first-order valence-electron chi connectivity index (χ1n) is 10.1. The maximum Gasteiger partial charge on any atom is 0.156 e. The number of hydrogen-bond donors (Lipinski definition) is 0. The summed E-state index contributed by atoms with van der Waals surface area (Å²) in [6.07, 6.45) is 10.7. The number of hydrogen-bond acceptors (Lipinski definition) is 2. The van der Waals surface area contributed by atoms with E-state index in [1.807, 2.05) is 6.08 Å². The minimum absolute atomic E-state index is 0.124. The van der Waals surface area contributed by atoms with Gasteiger partial charge in [-0.15, -0.1) is 0 Å². The standard InChI is InChI=1S/C23H32O2/c1-14-12-17-18(21(3)9-6-16(25)13-20(14)21)7-11-23(5)19(17)8-10-22(23,4)15(2)24/h12-13,17-19H,6-11H2,1-5H3/t17?,18-,19-,21?,22+,23?/m0/s1. The van der Waals surface area contributed by atoms with E-state index in [0.29, 0.717) is 35.7 Å². The zero-order chi connectivity index (χ0) is 18.2. The van der Waals surface area contributed by atoms with E-state index in [0.717, 1.165) is 19.3 Å². The Morgan fingerprint density at radius 1 is 1.08 bits per heavy atom. The molecule has 0 saturated heterocycles. The first-order chi connectivity index (χ1) is 11.6. The molecular formula is C23H32O2. The number of carbonyl (C=O) groups is 2. The van der Waals surface area contributed by atoms with Crippen molar-refractivity contribution in [3.05, 3.63) is 23.3 Å². The summed E-state index contributed by atoms with van der Waals surface area (Å²) in [6.45, 7) is 11.0. The predicted molar refractivity (Wildman–Crippen MR) is 100 cm³/mol. The third-order valence-electron chi connectivity index (χ3n) is 9.21. The van der Waals surface area contributed by atoms with Crippen LogP contribution in [0.5, 0.6) is 0 Å². The molecule has 25 heavy (non-hydrogen) atoms. The largest absolute Gasteiger partial charge is 0.299 e. The zero-order valence-electron chi connectivity index (χ0n) is 16.4. The number of carbonyl (C=O) groups excluding carboxylic acids is 2. The van der Waals surface area contributed by atoms with E-state index in [4.69, 9.17) is 0 Å². The van der Waals surface area contributed by atoms with Crippen molar-refractivity contribution in [3.8, 4) is 0 Å². The van der Waals surface area contributed by atoms with Crippen molar-refractivity contribution in [3.63, 3.8) is 0 Å². The molecular weight excluding hydrogens is 308 g/mol. The van der Waals surface area contributed by atoms with Crippen LogP contribution in [0, 0.1) is 34.0 Å². The van der Waals surface area contributed by atoms with Gasteiger partial charge < -0.3 is 0 Å². The Morgan fingerprint density at radius 2 is 1.76 bits per heavy atom. The van der Waals surface area contributed by atoms with Gasteiger partial charge in [-0.25, -0.2) is 0 Å². The summed E-state index contributed by atoms with van der Waals surface area (Å²) in [5, 5.41) is 0. The molecule has 136 valence electrons. The molecule has 0 aliphatic heterocycles. The monoisotopic (exact) mass is 340 g/mol. The van der Waals surface area contributed by atoms with E-state index in [-0.39, 0.29) is 16.2 Å². The second-order valence-electron chi connectivity index (χ2n) is 9.96. The maximum absolute atomic E-state index is 12.5. The third kappa shape index (κ3) is 2.03. The fraction of sp³-hybridized carbons (Fsp3) is 0.739. The minimum Gasteiger partial charge on any atom is -0.299 e. The van der Waals surface area contributed by atoms with E-state index in [1.54, 1.807) is 6.92 Å². The van der Waals surface area contributed by atoms with Crippen molar-refractivity contribution in [2.24, 2.45) is 34.0 Å². The second kappa shape index (κ2) is 5.18. The van der Waals surface area contributed by atoms with Crippen molar-refractivity contribution < 1.29 is 9.59 Å². The first kappa shape index (κ1) is 17.2. The molecule has 0 amide bonds. The van der Waals surface area contributed by atoms with Crippen LogP contribution in [0.4, 0.5) is 0 Å². The maximum atomic E-state index is 12.5. The normalized spacial score (nSPS) is 48.8. The lowest BCUT2D eigenvalue weighted by Crippen LogP contribution is -2.52. The Hall–Kier alpha value is -1.18. The molecule has 0 N–H and O–H groups in total. The minimum atomic E-state index is -0.163. The van der Waals surface area contributed by atoms with Crippen molar-refractivity contribution >= 4 is 11.6 Å². The second-order valence-corrected chi connectivity index (χ2v) is 9.96. The molecule has 2 heteroatoms. The van der Waals surface area contributed by atoms with Crippen LogP contribution in [0.25, 0.3) is 0 Å². The van der Waals surface area contributed by atoms with Gasteiger partial charge >= 0.3 is 0 Å². The highest BCUT2D eigenvalue weighted by atomic mass is 16.1. The van der Waals surface area contributed by atoms with E-state index < -0.39 is 0 Å². The Bertz CT molecular complexity index is 714. The lowest BCUT2D eigenvalue weighted by atomic mass is 9.46. The quantitative estimate of drug-likeness (QED) is 0.651. The Balaban J connectivity index is 1.80. The number of ketones is 2. The molecule has 0 aromatic carbocycles. The van der Waals surface area contributed by atoms with E-state index in [9.17, 15) is 9.59 Å². The van der Waals surface area contributed by atoms with Gasteiger partial charge in [-0.3, -0.25) is 9.59 Å². The van der Waals surface area contributed by atoms with Gasteiger partial charge in [0.2, 0.25) is 0 Å². The lowest BCUT2D eigenvalue weighted by molar-refractivity contribution is -0.136. The molecule has 0 heterocycles. The molecule has 0 aromatic rings. The molecule has 0 bridgehead atoms. The van der Waals surface area contributed by atoms with Gasteiger partial charge in [0, 0.05) is 11.8 Å². The predicted octanol–water partition coefficient (Wildman–Crippen LogP) is 5.28. The third-order valence-corrected chi connectivity index (χ3v) is 9.21. The van der Waals surface area contributed by atoms with E-state index in [1.165, 1.54) is 24.0 Å². The average molecular weight is 341 g/mol. The summed E-state index contributed by atoms with van der Waals surface area (Å²) in [7, 11) is 0. The summed E-state index contributed by atoms with van der Waals surface area (Å²) in [5.74, 6) is 2.47. The van der Waals surface area contributed by atoms with Gasteiger partial charge in [-0.2, -0.15) is 0 Å². The first-order valence-corrected chi connectivity index (χ1v) is 10.1. The molecule has 2 nitrogen and oxygen atoms in total. The van der Waals surface area contributed by atoms with E-state index in [2.05, 4.69) is 33.8 Å². The Kier molecular flexibility index (Phi) is 3.57. The van der Waals surface area contributed by atoms with Gasteiger partial charge in [-0.05, 0) is 86.2 Å². The van der Waals surface area contributed by atoms with Crippen molar-refractivity contribution in [1.29, 1.82) is 0 Å². The number of Topliss-reactive ketones (excluding diaryl/α,β-unsaturated/α-hetero) is 1. The SMILES string of the molecule is CC(=O)[C@@]1(C)CC[C@H]2C3C=C(C)C4=CC(=O)CCC4(C)[C@H]3CCC21C. The summed E-state index contributed by atoms with van der Waals surface area (Å²) >= 11 is 0. The molecule has 4 rings (SSSR count). The van der Waals surface area contributed by atoms with Crippen molar-refractivity contribution in [2.75, 3.05) is 0 Å². The fourth-order valence-electron chi connectivity index (χ4n) is 7.26. The Labute approximate surface area is 152 Å². The summed E-state index contributed by atoms with van der Waals surface area (Å²) in [4.78, 5) is 24.5. The van der Waals surface area contributed by atoms with Crippen LogP contribution in [-0.2, 0) is 9.59 Å².